The third-order valence-electron chi connectivity index (χ3n) is 6.18. The minimum Gasteiger partial charge on any atom is -0.403 e. The number of nitrogens with zero attached hydrogens (tertiary/aromatic N) is 3. The topological polar surface area (TPSA) is 135 Å². The van der Waals surface area contributed by atoms with Crippen LogP contribution < -0.4 is 16.0 Å². The minimum absolute atomic E-state index is 0.100. The summed E-state index contributed by atoms with van der Waals surface area (Å²) in [4.78, 5) is 35.9. The van der Waals surface area contributed by atoms with Gasteiger partial charge in [0, 0.05) is 32.0 Å². The average molecular weight is 465 g/mol. The molecule has 3 heterocycles. The Balaban J connectivity index is 1.41. The zero-order valence-electron chi connectivity index (χ0n) is 18.1. The number of nitrogens with one attached hydrogen (secondary N) is 1. The molecular formula is C21H28N4O6S. The van der Waals surface area contributed by atoms with Crippen LogP contribution in [0.5, 0.6) is 6.01 Å². The molecule has 0 spiro atoms. The molecule has 0 radical (unpaired) electrons. The van der Waals surface area contributed by atoms with Crippen LogP contribution in [0.2, 0.25) is 0 Å². The van der Waals surface area contributed by atoms with Gasteiger partial charge in [-0.3, -0.25) is 9.78 Å². The number of hydrogen-bond acceptors (Lipinski definition) is 8. The van der Waals surface area contributed by atoms with Gasteiger partial charge in [-0.1, -0.05) is 31.3 Å². The number of aromatic amines is 1. The highest BCUT2D eigenvalue weighted by atomic mass is 32.2. The van der Waals surface area contributed by atoms with Crippen molar-refractivity contribution in [2.24, 2.45) is 11.1 Å². The van der Waals surface area contributed by atoms with Crippen LogP contribution in [0.15, 0.2) is 25.2 Å². The Hall–Kier alpha value is -2.53. The normalized spacial score (nSPS) is 18.7. The van der Waals surface area contributed by atoms with Gasteiger partial charge in [-0.05, 0) is 30.7 Å². The van der Waals surface area contributed by atoms with Crippen LogP contribution in [0.4, 0.5) is 0 Å². The number of aryl methyl sites for hydroxylation is 1. The molecule has 1 saturated carbocycles. The summed E-state index contributed by atoms with van der Waals surface area (Å²) in [6.45, 7) is 2.53. The molecule has 1 aliphatic carbocycles. The van der Waals surface area contributed by atoms with E-state index in [2.05, 4.69) is 15.1 Å². The maximum absolute atomic E-state index is 12.8. The molecule has 0 bridgehead atoms. The van der Waals surface area contributed by atoms with Gasteiger partial charge in [-0.25, -0.2) is 17.5 Å². The van der Waals surface area contributed by atoms with Crippen LogP contribution >= 0.6 is 0 Å². The summed E-state index contributed by atoms with van der Waals surface area (Å²) in [6.07, 6.45) is 6.77. The lowest BCUT2D eigenvalue weighted by molar-refractivity contribution is 0.303. The summed E-state index contributed by atoms with van der Waals surface area (Å²) >= 11 is 0. The molecule has 1 saturated heterocycles. The van der Waals surface area contributed by atoms with E-state index in [4.69, 9.17) is 9.25 Å². The molecule has 2 fully saturated rings. The van der Waals surface area contributed by atoms with Crippen LogP contribution in [0.1, 0.15) is 57.4 Å². The zero-order valence-corrected chi connectivity index (χ0v) is 18.9. The molecule has 11 heteroatoms. The number of rotatable bonds is 6. The Morgan fingerprint density at radius 1 is 1.22 bits per heavy atom. The van der Waals surface area contributed by atoms with E-state index in [1.54, 1.807) is 0 Å². The van der Waals surface area contributed by atoms with E-state index in [1.807, 2.05) is 6.92 Å². The van der Waals surface area contributed by atoms with Crippen molar-refractivity contribution in [2.45, 2.75) is 58.3 Å². The Kier molecular flexibility index (Phi) is 6.75. The summed E-state index contributed by atoms with van der Waals surface area (Å²) in [5, 5.41) is 4.25. The Morgan fingerprint density at radius 3 is 2.62 bits per heavy atom. The monoisotopic (exact) mass is 464 g/mol. The first-order chi connectivity index (χ1) is 15.4. The molecule has 2 aromatic rings. The second kappa shape index (κ2) is 9.53. The number of piperidine rings is 1. The maximum Gasteiger partial charge on any atom is 0.337 e. The fourth-order valence-electron chi connectivity index (χ4n) is 4.43. The summed E-state index contributed by atoms with van der Waals surface area (Å²) in [5.41, 5.74) is 0.0585. The van der Waals surface area contributed by atoms with Crippen molar-refractivity contribution in [3.8, 4) is 6.01 Å². The molecule has 2 aromatic heterocycles. The molecule has 0 aromatic carbocycles. The summed E-state index contributed by atoms with van der Waals surface area (Å²) in [7, 11) is -3.28. The van der Waals surface area contributed by atoms with Gasteiger partial charge in [0.2, 0.25) is 15.7 Å². The van der Waals surface area contributed by atoms with Crippen LogP contribution in [0.3, 0.4) is 0 Å². The highest BCUT2D eigenvalue weighted by Crippen LogP contribution is 2.26. The van der Waals surface area contributed by atoms with E-state index < -0.39 is 21.2 Å². The SMILES string of the molecule is CCc1cc(=O)oc2nc(ON=C3CCN(S(=O)(=O)CC4CCCCC4)CC3)[nH]c(=O)c12. The molecule has 0 amide bonds. The molecule has 1 N–H and O–H groups in total. The quantitative estimate of drug-likeness (QED) is 0.647. The van der Waals surface area contributed by atoms with E-state index in [9.17, 15) is 18.0 Å². The fraction of sp³-hybridized carbons (Fsp3) is 0.619. The Bertz CT molecular complexity index is 1220. The highest BCUT2D eigenvalue weighted by Gasteiger charge is 2.29. The predicted molar refractivity (Wildman–Crippen MR) is 120 cm³/mol. The fourth-order valence-corrected chi connectivity index (χ4v) is 6.31. The van der Waals surface area contributed by atoms with Gasteiger partial charge in [0.05, 0.1) is 11.5 Å². The first kappa shape index (κ1) is 22.7. The van der Waals surface area contributed by atoms with Gasteiger partial charge in [-0.15, -0.1) is 0 Å². The van der Waals surface area contributed by atoms with Gasteiger partial charge in [0.15, 0.2) is 0 Å². The molecule has 174 valence electrons. The summed E-state index contributed by atoms with van der Waals surface area (Å²) in [5.74, 6) is 0.486. The molecule has 1 aliphatic heterocycles. The molecule has 0 atom stereocenters. The molecule has 4 rings (SSSR count). The van der Waals surface area contributed by atoms with Crippen molar-refractivity contribution in [1.29, 1.82) is 0 Å². The van der Waals surface area contributed by atoms with Crippen molar-refractivity contribution >= 4 is 26.8 Å². The number of sulfonamides is 1. The van der Waals surface area contributed by atoms with Crippen molar-refractivity contribution in [1.82, 2.24) is 14.3 Å². The molecule has 0 unspecified atom stereocenters. The number of H-pyrrole nitrogens is 1. The largest absolute Gasteiger partial charge is 0.403 e. The van der Waals surface area contributed by atoms with Crippen LogP contribution in [-0.4, -0.2) is 47.2 Å². The average Bonchev–Trinajstić information content (AvgIpc) is 2.77. The third kappa shape index (κ3) is 5.09. The molecule has 32 heavy (non-hydrogen) atoms. The van der Waals surface area contributed by atoms with Crippen LogP contribution in [0.25, 0.3) is 11.1 Å². The number of aromatic nitrogens is 2. The zero-order chi connectivity index (χ0) is 22.7. The summed E-state index contributed by atoms with van der Waals surface area (Å²) < 4.78 is 32.1. The van der Waals surface area contributed by atoms with Crippen molar-refractivity contribution in [2.75, 3.05) is 18.8 Å². The van der Waals surface area contributed by atoms with E-state index in [1.165, 1.54) is 16.8 Å². The molecular weight excluding hydrogens is 436 g/mol. The van der Waals surface area contributed by atoms with Crippen LogP contribution in [0, 0.1) is 5.92 Å². The number of oxime groups is 1. The number of hydrogen-bond donors (Lipinski definition) is 1. The Morgan fingerprint density at radius 2 is 1.94 bits per heavy atom. The minimum atomic E-state index is -3.28. The van der Waals surface area contributed by atoms with Gasteiger partial charge < -0.3 is 9.25 Å². The Labute approximate surface area is 185 Å². The van der Waals surface area contributed by atoms with Gasteiger partial charge >= 0.3 is 11.6 Å². The number of fused-ring (bicyclic) bond motifs is 1. The molecule has 10 nitrogen and oxygen atoms in total. The first-order valence-electron chi connectivity index (χ1n) is 11.1. The smallest absolute Gasteiger partial charge is 0.337 e. The van der Waals surface area contributed by atoms with Crippen molar-refractivity contribution in [3.05, 3.63) is 32.4 Å². The lowest BCUT2D eigenvalue weighted by Gasteiger charge is -2.29. The standard InChI is InChI=1S/C21H28N4O6S/c1-2-15-12-17(26)30-20-18(15)19(27)22-21(23-20)31-24-16-8-10-25(11-9-16)32(28,29)13-14-6-4-3-5-7-14/h12,14H,2-11,13H2,1H3,(H,22,23,27). The second-order valence-electron chi connectivity index (χ2n) is 8.43. The first-order valence-corrected chi connectivity index (χ1v) is 12.7. The summed E-state index contributed by atoms with van der Waals surface area (Å²) in [6, 6.07) is 1.09. The lowest BCUT2D eigenvalue weighted by Crippen LogP contribution is -2.41. The van der Waals surface area contributed by atoms with E-state index >= 15 is 0 Å². The maximum atomic E-state index is 12.8. The van der Waals surface area contributed by atoms with Crippen LogP contribution in [-0.2, 0) is 16.4 Å². The second-order valence-corrected chi connectivity index (χ2v) is 10.4. The lowest BCUT2D eigenvalue weighted by atomic mass is 9.91. The van der Waals surface area contributed by atoms with Crippen molar-refractivity contribution in [3.63, 3.8) is 0 Å². The van der Waals surface area contributed by atoms with Crippen molar-refractivity contribution < 1.29 is 17.7 Å². The van der Waals surface area contributed by atoms with E-state index in [0.717, 1.165) is 25.7 Å². The van der Waals surface area contributed by atoms with E-state index in [-0.39, 0.29) is 28.8 Å². The highest BCUT2D eigenvalue weighted by molar-refractivity contribution is 7.89. The van der Waals surface area contributed by atoms with Gasteiger partial charge in [-0.2, -0.15) is 4.98 Å². The molecule has 2 aliphatic rings. The van der Waals surface area contributed by atoms with Gasteiger partial charge in [0.25, 0.3) is 5.56 Å². The van der Waals surface area contributed by atoms with E-state index in [0.29, 0.717) is 43.6 Å². The predicted octanol–water partition coefficient (Wildman–Crippen LogP) is 2.18. The van der Waals surface area contributed by atoms with Gasteiger partial charge in [0.1, 0.15) is 5.39 Å². The third-order valence-corrected chi connectivity index (χ3v) is 8.23.